The van der Waals surface area contributed by atoms with Crippen LogP contribution in [0.15, 0.2) is 6.07 Å². The highest BCUT2D eigenvalue weighted by Gasteiger charge is 2.20. The maximum absolute atomic E-state index is 11.5. The van der Waals surface area contributed by atoms with Gasteiger partial charge >= 0.3 is 5.97 Å². The molecule has 1 fully saturated rings. The van der Waals surface area contributed by atoms with E-state index in [1.807, 2.05) is 13.0 Å². The quantitative estimate of drug-likeness (QED) is 0.652. The van der Waals surface area contributed by atoms with E-state index in [4.69, 9.17) is 5.26 Å². The van der Waals surface area contributed by atoms with Crippen LogP contribution >= 0.6 is 0 Å². The van der Waals surface area contributed by atoms with Crippen molar-refractivity contribution in [1.29, 1.82) is 5.26 Å². The number of rotatable bonds is 4. The van der Waals surface area contributed by atoms with Gasteiger partial charge in [-0.2, -0.15) is 5.26 Å². The summed E-state index contributed by atoms with van der Waals surface area (Å²) in [5.74, 6) is 0.175. The summed E-state index contributed by atoms with van der Waals surface area (Å²) in [4.78, 5) is 21.9. The number of ether oxygens (including phenoxy) is 1. The highest BCUT2D eigenvalue weighted by molar-refractivity contribution is 5.85. The van der Waals surface area contributed by atoms with Gasteiger partial charge in [0.15, 0.2) is 0 Å². The van der Waals surface area contributed by atoms with Gasteiger partial charge < -0.3 is 10.1 Å². The molecule has 1 aliphatic heterocycles. The number of carbonyl (C=O) groups is 1. The first-order chi connectivity index (χ1) is 10.1. The summed E-state index contributed by atoms with van der Waals surface area (Å²) >= 11 is 0. The van der Waals surface area contributed by atoms with Gasteiger partial charge in [-0.1, -0.05) is 0 Å². The van der Waals surface area contributed by atoms with Crippen molar-refractivity contribution in [2.24, 2.45) is 0 Å². The molecule has 0 aliphatic carbocycles. The van der Waals surface area contributed by atoms with Gasteiger partial charge in [0.25, 0.3) is 0 Å². The zero-order valence-electron chi connectivity index (χ0n) is 12.3. The van der Waals surface area contributed by atoms with Crippen molar-refractivity contribution in [2.75, 3.05) is 32.1 Å². The normalized spacial score (nSPS) is 16.2. The molecule has 0 aromatic carbocycles. The van der Waals surface area contributed by atoms with Crippen LogP contribution in [0.3, 0.4) is 0 Å². The molecular weight excluding hydrogens is 270 g/mol. The first-order valence-electron chi connectivity index (χ1n) is 6.92. The molecule has 0 saturated carbocycles. The number of hydrogen-bond donors (Lipinski definition) is 1. The van der Waals surface area contributed by atoms with E-state index < -0.39 is 5.97 Å². The summed E-state index contributed by atoms with van der Waals surface area (Å²) in [6.07, 6.45) is 1.89. The average molecular weight is 289 g/mol. The SMILES string of the molecule is COC(=O)c1nc(C)cc(NC2CCN(CC#N)CC2)n1. The molecule has 0 bridgehead atoms. The zero-order chi connectivity index (χ0) is 15.2. The second-order valence-electron chi connectivity index (χ2n) is 5.06. The Morgan fingerprint density at radius 1 is 1.52 bits per heavy atom. The van der Waals surface area contributed by atoms with Crippen LogP contribution < -0.4 is 5.32 Å². The fourth-order valence-corrected chi connectivity index (χ4v) is 2.37. The minimum absolute atomic E-state index is 0.0712. The van der Waals surface area contributed by atoms with Crippen molar-refractivity contribution >= 4 is 11.8 Å². The molecule has 1 aromatic heterocycles. The lowest BCUT2D eigenvalue weighted by molar-refractivity contribution is 0.0586. The molecule has 1 aliphatic rings. The summed E-state index contributed by atoms with van der Waals surface area (Å²) in [7, 11) is 1.31. The van der Waals surface area contributed by atoms with Crippen molar-refractivity contribution in [3.63, 3.8) is 0 Å². The topological polar surface area (TPSA) is 91.1 Å². The van der Waals surface area contributed by atoms with Crippen LogP contribution in [0.1, 0.15) is 29.2 Å². The van der Waals surface area contributed by atoms with E-state index in [1.54, 1.807) is 0 Å². The molecule has 1 saturated heterocycles. The van der Waals surface area contributed by atoms with Crippen molar-refractivity contribution in [1.82, 2.24) is 14.9 Å². The van der Waals surface area contributed by atoms with Crippen LogP contribution in [0.4, 0.5) is 5.82 Å². The van der Waals surface area contributed by atoms with Gasteiger partial charge in [0.2, 0.25) is 5.82 Å². The van der Waals surface area contributed by atoms with Crippen molar-refractivity contribution in [2.45, 2.75) is 25.8 Å². The maximum Gasteiger partial charge on any atom is 0.376 e. The molecule has 0 atom stereocenters. The largest absolute Gasteiger partial charge is 0.463 e. The third-order valence-corrected chi connectivity index (χ3v) is 3.46. The lowest BCUT2D eigenvalue weighted by atomic mass is 10.1. The Morgan fingerprint density at radius 3 is 2.86 bits per heavy atom. The minimum Gasteiger partial charge on any atom is -0.463 e. The highest BCUT2D eigenvalue weighted by Crippen LogP contribution is 2.16. The molecule has 112 valence electrons. The third-order valence-electron chi connectivity index (χ3n) is 3.46. The van der Waals surface area contributed by atoms with E-state index >= 15 is 0 Å². The van der Waals surface area contributed by atoms with Gasteiger partial charge in [-0.15, -0.1) is 0 Å². The van der Waals surface area contributed by atoms with Crippen LogP contribution in [0, 0.1) is 18.3 Å². The molecule has 2 rings (SSSR count). The summed E-state index contributed by atoms with van der Waals surface area (Å²) < 4.78 is 4.65. The third kappa shape index (κ3) is 4.13. The van der Waals surface area contributed by atoms with Crippen LogP contribution in [0.5, 0.6) is 0 Å². The summed E-state index contributed by atoms with van der Waals surface area (Å²) in [6, 6.07) is 4.27. The Kier molecular flexibility index (Phi) is 5.06. The lowest BCUT2D eigenvalue weighted by Crippen LogP contribution is -2.39. The summed E-state index contributed by atoms with van der Waals surface area (Å²) in [5, 5.41) is 12.0. The first-order valence-corrected chi connectivity index (χ1v) is 6.92. The minimum atomic E-state index is -0.536. The lowest BCUT2D eigenvalue weighted by Gasteiger charge is -2.31. The molecule has 0 unspecified atom stereocenters. The van der Waals surface area contributed by atoms with Crippen molar-refractivity contribution in [3.8, 4) is 6.07 Å². The predicted molar refractivity (Wildman–Crippen MR) is 76.8 cm³/mol. The van der Waals surface area contributed by atoms with Gasteiger partial charge in [0.05, 0.1) is 19.7 Å². The average Bonchev–Trinajstić information content (AvgIpc) is 2.48. The second-order valence-corrected chi connectivity index (χ2v) is 5.06. The maximum atomic E-state index is 11.5. The number of aryl methyl sites for hydroxylation is 1. The Bertz CT molecular complexity index is 547. The molecule has 0 radical (unpaired) electrons. The Hall–Kier alpha value is -2.20. The van der Waals surface area contributed by atoms with E-state index in [0.717, 1.165) is 31.6 Å². The van der Waals surface area contributed by atoms with Crippen LogP contribution in [0.2, 0.25) is 0 Å². The van der Waals surface area contributed by atoms with Crippen LogP contribution in [-0.4, -0.2) is 53.6 Å². The number of methoxy groups -OCH3 is 1. The number of piperidine rings is 1. The Balaban J connectivity index is 1.99. The Morgan fingerprint density at radius 2 is 2.24 bits per heavy atom. The predicted octanol–water partition coefficient (Wildman–Crippen LogP) is 0.971. The highest BCUT2D eigenvalue weighted by atomic mass is 16.5. The fourth-order valence-electron chi connectivity index (χ4n) is 2.37. The first kappa shape index (κ1) is 15.2. The smallest absolute Gasteiger partial charge is 0.376 e. The molecule has 1 N–H and O–H groups in total. The number of nitriles is 1. The molecule has 7 heteroatoms. The van der Waals surface area contributed by atoms with E-state index in [2.05, 4.69) is 31.0 Å². The molecule has 0 spiro atoms. The van der Waals surface area contributed by atoms with Crippen molar-refractivity contribution in [3.05, 3.63) is 17.6 Å². The number of hydrogen-bond acceptors (Lipinski definition) is 7. The van der Waals surface area contributed by atoms with Crippen LogP contribution in [0.25, 0.3) is 0 Å². The monoisotopic (exact) mass is 289 g/mol. The second kappa shape index (κ2) is 6.99. The van der Waals surface area contributed by atoms with Gasteiger partial charge in [0, 0.05) is 30.9 Å². The van der Waals surface area contributed by atoms with Gasteiger partial charge in [0.1, 0.15) is 5.82 Å². The number of aromatic nitrogens is 2. The van der Waals surface area contributed by atoms with Gasteiger partial charge in [-0.05, 0) is 19.8 Å². The standard InChI is InChI=1S/C14H19N5O2/c1-10-9-12(18-13(16-10)14(20)21-2)17-11-3-6-19(7-4-11)8-5-15/h9,11H,3-4,6-8H2,1-2H3,(H,16,17,18). The number of carbonyl (C=O) groups excluding carboxylic acids is 1. The van der Waals surface area contributed by atoms with Crippen LogP contribution in [-0.2, 0) is 4.74 Å². The molecule has 7 nitrogen and oxygen atoms in total. The zero-order valence-corrected chi connectivity index (χ0v) is 12.3. The van der Waals surface area contributed by atoms with E-state index in [9.17, 15) is 4.79 Å². The molecule has 0 amide bonds. The molecule has 21 heavy (non-hydrogen) atoms. The molecule has 1 aromatic rings. The molecule has 2 heterocycles. The molecular formula is C14H19N5O2. The summed E-state index contributed by atoms with van der Waals surface area (Å²) in [6.45, 7) is 4.07. The van der Waals surface area contributed by atoms with E-state index in [-0.39, 0.29) is 5.82 Å². The number of nitrogens with zero attached hydrogens (tertiary/aromatic N) is 4. The summed E-state index contributed by atoms with van der Waals surface area (Å²) in [5.41, 5.74) is 0.717. The number of esters is 1. The Labute approximate surface area is 123 Å². The van der Waals surface area contributed by atoms with E-state index in [0.29, 0.717) is 18.4 Å². The fraction of sp³-hybridized carbons (Fsp3) is 0.571. The number of nitrogens with one attached hydrogen (secondary N) is 1. The van der Waals surface area contributed by atoms with Gasteiger partial charge in [-0.25, -0.2) is 14.8 Å². The van der Waals surface area contributed by atoms with Crippen molar-refractivity contribution < 1.29 is 9.53 Å². The number of likely N-dealkylation sites (tertiary alicyclic amines) is 1. The number of anilines is 1. The van der Waals surface area contributed by atoms with E-state index in [1.165, 1.54) is 7.11 Å². The van der Waals surface area contributed by atoms with Gasteiger partial charge in [-0.3, -0.25) is 4.90 Å².